The lowest BCUT2D eigenvalue weighted by Crippen LogP contribution is -2.05. The molecule has 26 heavy (non-hydrogen) atoms. The minimum Gasteiger partial charge on any atom is -0.481 e. The molecule has 0 saturated carbocycles. The highest BCUT2D eigenvalue weighted by Crippen LogP contribution is 2.31. The zero-order chi connectivity index (χ0) is 18.1. The number of benzene rings is 2. The molecule has 2 aromatic carbocycles. The van der Waals surface area contributed by atoms with E-state index < -0.39 is 5.97 Å². The normalized spacial score (nSPS) is 12.7. The number of rotatable bonds is 5. The summed E-state index contributed by atoms with van der Waals surface area (Å²) in [6.45, 7) is 0. The zero-order valence-electron chi connectivity index (χ0n) is 14.1. The van der Waals surface area contributed by atoms with Crippen molar-refractivity contribution in [1.82, 2.24) is 4.57 Å². The highest BCUT2D eigenvalue weighted by Gasteiger charge is 2.19. The Balaban J connectivity index is 1.82. The smallest absolute Gasteiger partial charge is 0.303 e. The molecular weight excluding hydrogens is 328 g/mol. The number of aliphatic carboxylic acids is 1. The van der Waals surface area contributed by atoms with E-state index >= 15 is 0 Å². The molecular formula is C21H18N2O3. The van der Waals surface area contributed by atoms with E-state index in [1.54, 1.807) is 0 Å². The molecule has 2 heterocycles. The van der Waals surface area contributed by atoms with Gasteiger partial charge in [0.25, 0.3) is 0 Å². The van der Waals surface area contributed by atoms with Crippen molar-refractivity contribution in [1.29, 1.82) is 0 Å². The minimum atomic E-state index is -0.817. The van der Waals surface area contributed by atoms with Gasteiger partial charge in [-0.1, -0.05) is 30.3 Å². The first-order chi connectivity index (χ1) is 12.6. The number of hydrogen-bond donors (Lipinski definition) is 2. The number of aryl methyl sites for hydroxylation is 1. The van der Waals surface area contributed by atoms with Gasteiger partial charge in [0.1, 0.15) is 0 Å². The molecule has 0 radical (unpaired) electrons. The van der Waals surface area contributed by atoms with Crippen molar-refractivity contribution in [3.8, 4) is 16.9 Å². The number of nitrogens with one attached hydrogen (secondary N) is 1. The van der Waals surface area contributed by atoms with Crippen LogP contribution in [0, 0.1) is 0 Å². The summed E-state index contributed by atoms with van der Waals surface area (Å²) in [5.74, 6) is -0.818. The second kappa shape index (κ2) is 6.52. The third-order valence-electron chi connectivity index (χ3n) is 4.60. The Hall–Kier alpha value is -3.34. The number of carboxylic acid groups (broad SMARTS) is 1. The van der Waals surface area contributed by atoms with E-state index in [4.69, 9.17) is 5.11 Å². The standard InChI is InChI=1S/C21H18N2O3/c24-20-13-15-12-17(6-9-18(15)22-20)23-16(8-11-21(25)26)7-10-19(23)14-4-2-1-3-5-14/h1-7,9-10,12H,8,11,13H2,(H,22,24)(H,25,26). The maximum Gasteiger partial charge on any atom is 0.303 e. The number of carbonyl (C=O) groups is 2. The molecule has 1 amide bonds. The van der Waals surface area contributed by atoms with Crippen LogP contribution in [0.5, 0.6) is 0 Å². The number of hydrogen-bond acceptors (Lipinski definition) is 2. The molecule has 1 aliphatic heterocycles. The summed E-state index contributed by atoms with van der Waals surface area (Å²) in [5, 5.41) is 11.9. The number of aromatic nitrogens is 1. The van der Waals surface area contributed by atoms with Crippen LogP contribution < -0.4 is 5.32 Å². The maximum absolute atomic E-state index is 11.6. The Bertz CT molecular complexity index is 990. The number of nitrogens with zero attached hydrogens (tertiary/aromatic N) is 1. The molecule has 5 nitrogen and oxygen atoms in total. The average molecular weight is 346 g/mol. The van der Waals surface area contributed by atoms with E-state index in [0.717, 1.165) is 33.9 Å². The minimum absolute atomic E-state index is 0.000889. The zero-order valence-corrected chi connectivity index (χ0v) is 14.1. The van der Waals surface area contributed by atoms with Crippen LogP contribution in [0.1, 0.15) is 17.7 Å². The fraction of sp³-hybridized carbons (Fsp3) is 0.143. The van der Waals surface area contributed by atoms with Gasteiger partial charge in [-0.05, 0) is 47.9 Å². The summed E-state index contributed by atoms with van der Waals surface area (Å²) >= 11 is 0. The molecule has 1 aromatic heterocycles. The third kappa shape index (κ3) is 2.99. The van der Waals surface area contributed by atoms with Crippen molar-refractivity contribution >= 4 is 17.6 Å². The molecule has 4 rings (SSSR count). The van der Waals surface area contributed by atoms with Crippen LogP contribution in [0.2, 0.25) is 0 Å². The largest absolute Gasteiger partial charge is 0.481 e. The van der Waals surface area contributed by atoms with Crippen LogP contribution in [0.4, 0.5) is 5.69 Å². The van der Waals surface area contributed by atoms with Gasteiger partial charge < -0.3 is 15.0 Å². The molecule has 0 spiro atoms. The Morgan fingerprint density at radius 1 is 1.08 bits per heavy atom. The van der Waals surface area contributed by atoms with E-state index in [-0.39, 0.29) is 12.3 Å². The van der Waals surface area contributed by atoms with Crippen LogP contribution in [-0.4, -0.2) is 21.6 Å². The van der Waals surface area contributed by atoms with Gasteiger partial charge in [0.05, 0.1) is 18.5 Å². The molecule has 3 aromatic rings. The first kappa shape index (κ1) is 16.1. The first-order valence-electron chi connectivity index (χ1n) is 8.53. The van der Waals surface area contributed by atoms with Crippen LogP contribution in [0.25, 0.3) is 16.9 Å². The van der Waals surface area contributed by atoms with E-state index in [0.29, 0.717) is 12.8 Å². The summed E-state index contributed by atoms with van der Waals surface area (Å²) in [7, 11) is 0. The SMILES string of the molecule is O=C(O)CCc1ccc(-c2ccccc2)n1-c1ccc2c(c1)CC(=O)N2. The van der Waals surface area contributed by atoms with Gasteiger partial charge in [-0.15, -0.1) is 0 Å². The predicted molar refractivity (Wildman–Crippen MR) is 99.5 cm³/mol. The van der Waals surface area contributed by atoms with Crippen molar-refractivity contribution < 1.29 is 14.7 Å². The van der Waals surface area contributed by atoms with Crippen molar-refractivity contribution in [2.45, 2.75) is 19.3 Å². The Labute approximate surface area is 150 Å². The van der Waals surface area contributed by atoms with Gasteiger partial charge in [0, 0.05) is 17.1 Å². The van der Waals surface area contributed by atoms with E-state index in [9.17, 15) is 9.59 Å². The van der Waals surface area contributed by atoms with Gasteiger partial charge in [0.15, 0.2) is 0 Å². The number of carboxylic acids is 1. The molecule has 130 valence electrons. The monoisotopic (exact) mass is 346 g/mol. The summed E-state index contributed by atoms with van der Waals surface area (Å²) in [5.41, 5.74) is 5.74. The lowest BCUT2D eigenvalue weighted by atomic mass is 10.1. The summed E-state index contributed by atoms with van der Waals surface area (Å²) in [6.07, 6.45) is 0.884. The Kier molecular flexibility index (Phi) is 4.05. The predicted octanol–water partition coefficient (Wildman–Crippen LogP) is 3.66. The second-order valence-electron chi connectivity index (χ2n) is 6.37. The number of amides is 1. The molecule has 5 heteroatoms. The number of anilines is 1. The van der Waals surface area contributed by atoms with Gasteiger partial charge in [-0.2, -0.15) is 0 Å². The van der Waals surface area contributed by atoms with E-state index in [2.05, 4.69) is 9.88 Å². The molecule has 0 fully saturated rings. The Morgan fingerprint density at radius 2 is 1.88 bits per heavy atom. The first-order valence-corrected chi connectivity index (χ1v) is 8.53. The summed E-state index contributed by atoms with van der Waals surface area (Å²) < 4.78 is 2.08. The van der Waals surface area contributed by atoms with Crippen molar-refractivity contribution in [3.05, 3.63) is 71.9 Å². The Morgan fingerprint density at radius 3 is 2.65 bits per heavy atom. The molecule has 0 unspecified atom stereocenters. The van der Waals surface area contributed by atoms with E-state index in [1.165, 1.54) is 0 Å². The average Bonchev–Trinajstić information content (AvgIpc) is 3.22. The lowest BCUT2D eigenvalue weighted by molar-refractivity contribution is -0.137. The van der Waals surface area contributed by atoms with Crippen molar-refractivity contribution in [2.75, 3.05) is 5.32 Å². The molecule has 0 saturated heterocycles. The van der Waals surface area contributed by atoms with Crippen LogP contribution in [0.15, 0.2) is 60.7 Å². The highest BCUT2D eigenvalue weighted by molar-refractivity contribution is 5.99. The van der Waals surface area contributed by atoms with Crippen molar-refractivity contribution in [3.63, 3.8) is 0 Å². The number of fused-ring (bicyclic) bond motifs is 1. The molecule has 0 aliphatic carbocycles. The quantitative estimate of drug-likeness (QED) is 0.741. The molecule has 1 aliphatic rings. The molecule has 0 atom stereocenters. The van der Waals surface area contributed by atoms with Crippen LogP contribution >= 0.6 is 0 Å². The third-order valence-corrected chi connectivity index (χ3v) is 4.60. The van der Waals surface area contributed by atoms with Crippen molar-refractivity contribution in [2.24, 2.45) is 0 Å². The maximum atomic E-state index is 11.6. The fourth-order valence-electron chi connectivity index (χ4n) is 3.40. The van der Waals surface area contributed by atoms with Gasteiger partial charge >= 0.3 is 5.97 Å². The highest BCUT2D eigenvalue weighted by atomic mass is 16.4. The molecule has 2 N–H and O–H groups in total. The fourth-order valence-corrected chi connectivity index (χ4v) is 3.40. The number of carbonyl (C=O) groups excluding carboxylic acids is 1. The van der Waals surface area contributed by atoms with Gasteiger partial charge in [0.2, 0.25) is 5.91 Å². The lowest BCUT2D eigenvalue weighted by Gasteiger charge is -2.15. The summed E-state index contributed by atoms with van der Waals surface area (Å²) in [6, 6.07) is 19.9. The second-order valence-corrected chi connectivity index (χ2v) is 6.37. The topological polar surface area (TPSA) is 71.3 Å². The van der Waals surface area contributed by atoms with Crippen LogP contribution in [-0.2, 0) is 22.4 Å². The van der Waals surface area contributed by atoms with Crippen LogP contribution in [0.3, 0.4) is 0 Å². The summed E-state index contributed by atoms with van der Waals surface area (Å²) in [4.78, 5) is 22.7. The van der Waals surface area contributed by atoms with E-state index in [1.807, 2.05) is 60.7 Å². The van der Waals surface area contributed by atoms with Gasteiger partial charge in [-0.25, -0.2) is 0 Å². The van der Waals surface area contributed by atoms with Gasteiger partial charge in [-0.3, -0.25) is 9.59 Å². The molecule has 0 bridgehead atoms.